The molecule has 0 saturated heterocycles. The lowest BCUT2D eigenvalue weighted by molar-refractivity contribution is -0.165. The molecule has 1 aliphatic rings. The van der Waals surface area contributed by atoms with E-state index in [2.05, 4.69) is 11.5 Å². The number of ether oxygens (including phenoxy) is 2. The summed E-state index contributed by atoms with van der Waals surface area (Å²) in [6.07, 6.45) is 5.45. The van der Waals surface area contributed by atoms with Gasteiger partial charge in [0, 0.05) is 12.2 Å². The fourth-order valence-corrected chi connectivity index (χ4v) is 4.14. The molecular weight excluding hydrogens is 408 g/mol. The predicted molar refractivity (Wildman–Crippen MR) is 124 cm³/mol. The summed E-state index contributed by atoms with van der Waals surface area (Å²) in [6.45, 7) is 10.0. The molecule has 3 rings (SSSR count). The van der Waals surface area contributed by atoms with Crippen LogP contribution < -0.4 is 10.5 Å². The highest BCUT2D eigenvalue weighted by Crippen LogP contribution is 2.41. The van der Waals surface area contributed by atoms with Crippen LogP contribution in [0.5, 0.6) is 5.75 Å². The maximum Gasteiger partial charge on any atom is 0.356 e. The summed E-state index contributed by atoms with van der Waals surface area (Å²) >= 11 is 0. The van der Waals surface area contributed by atoms with Gasteiger partial charge in [0.05, 0.1) is 22.2 Å². The summed E-state index contributed by atoms with van der Waals surface area (Å²) in [6, 6.07) is 3.39. The van der Waals surface area contributed by atoms with Gasteiger partial charge in [-0.25, -0.2) is 4.79 Å². The summed E-state index contributed by atoms with van der Waals surface area (Å²) in [4.78, 5) is 37.9. The molecular formula is C25H34N2O5. The van der Waals surface area contributed by atoms with Crippen LogP contribution in [0.2, 0.25) is 0 Å². The number of rotatable bonds is 8. The van der Waals surface area contributed by atoms with E-state index in [1.165, 1.54) is 25.7 Å². The van der Waals surface area contributed by atoms with Crippen molar-refractivity contribution in [3.8, 4) is 5.75 Å². The Morgan fingerprint density at radius 3 is 2.44 bits per heavy atom. The lowest BCUT2D eigenvalue weighted by Gasteiger charge is -2.27. The summed E-state index contributed by atoms with van der Waals surface area (Å²) < 4.78 is 13.2. The molecule has 2 N–H and O–H groups in total. The Balaban J connectivity index is 1.93. The van der Waals surface area contributed by atoms with Crippen LogP contribution in [-0.4, -0.2) is 33.8 Å². The molecule has 0 fully saturated rings. The van der Waals surface area contributed by atoms with Crippen LogP contribution >= 0.6 is 0 Å². The minimum Gasteiger partial charge on any atom is -0.469 e. The van der Waals surface area contributed by atoms with Gasteiger partial charge in [-0.05, 0) is 46.2 Å². The Labute approximate surface area is 189 Å². The van der Waals surface area contributed by atoms with E-state index >= 15 is 0 Å². The van der Waals surface area contributed by atoms with Gasteiger partial charge in [-0.1, -0.05) is 39.0 Å². The van der Waals surface area contributed by atoms with Gasteiger partial charge in [0.15, 0.2) is 0 Å². The van der Waals surface area contributed by atoms with Crippen molar-refractivity contribution in [2.75, 3.05) is 5.73 Å². The molecule has 7 heteroatoms. The van der Waals surface area contributed by atoms with E-state index in [-0.39, 0.29) is 11.3 Å². The molecule has 1 aromatic carbocycles. The predicted octanol–water partition coefficient (Wildman–Crippen LogP) is 4.75. The minimum atomic E-state index is -1.62. The highest BCUT2D eigenvalue weighted by atomic mass is 16.6. The van der Waals surface area contributed by atoms with Gasteiger partial charge < -0.3 is 19.8 Å². The highest BCUT2D eigenvalue weighted by Gasteiger charge is 2.43. The second kappa shape index (κ2) is 9.35. The van der Waals surface area contributed by atoms with Crippen molar-refractivity contribution in [2.45, 2.75) is 91.4 Å². The van der Waals surface area contributed by atoms with E-state index in [0.717, 1.165) is 30.6 Å². The van der Waals surface area contributed by atoms with Crippen LogP contribution in [0.4, 0.5) is 5.69 Å². The molecule has 0 bridgehead atoms. The highest BCUT2D eigenvalue weighted by molar-refractivity contribution is 6.49. The number of ketones is 2. The van der Waals surface area contributed by atoms with Crippen LogP contribution in [0.1, 0.15) is 82.3 Å². The SMILES string of the molecule is CCCCCCCCn1c(C)c(N)c2c3c(ccc21)C(=O)C(=O)C(C(=O)OC(C)(C)C)O3. The van der Waals surface area contributed by atoms with E-state index < -0.39 is 29.2 Å². The molecule has 2 aromatic rings. The quantitative estimate of drug-likeness (QED) is 0.274. The number of nitrogens with zero attached hydrogens (tertiary/aromatic N) is 1. The Morgan fingerprint density at radius 1 is 1.12 bits per heavy atom. The van der Waals surface area contributed by atoms with Crippen molar-refractivity contribution < 1.29 is 23.9 Å². The molecule has 1 aromatic heterocycles. The molecule has 1 atom stereocenters. The zero-order valence-corrected chi connectivity index (χ0v) is 19.7. The molecule has 174 valence electrons. The van der Waals surface area contributed by atoms with E-state index in [4.69, 9.17) is 15.2 Å². The van der Waals surface area contributed by atoms with Gasteiger partial charge in [-0.15, -0.1) is 0 Å². The van der Waals surface area contributed by atoms with E-state index in [1.807, 2.05) is 6.92 Å². The lowest BCUT2D eigenvalue weighted by Crippen LogP contribution is -2.46. The Morgan fingerprint density at radius 2 is 1.78 bits per heavy atom. The number of nitrogen functional groups attached to an aromatic ring is 1. The summed E-state index contributed by atoms with van der Waals surface area (Å²) in [5.74, 6) is -2.37. The monoisotopic (exact) mass is 442 g/mol. The third-order valence-corrected chi connectivity index (χ3v) is 5.79. The van der Waals surface area contributed by atoms with Crippen LogP contribution in [-0.2, 0) is 20.9 Å². The summed E-state index contributed by atoms with van der Waals surface area (Å²) in [5, 5.41) is 0.570. The number of esters is 1. The van der Waals surface area contributed by atoms with Gasteiger partial charge in [0.2, 0.25) is 5.78 Å². The number of fused-ring (bicyclic) bond motifs is 3. The van der Waals surface area contributed by atoms with Crippen molar-refractivity contribution in [3.05, 3.63) is 23.4 Å². The third-order valence-electron chi connectivity index (χ3n) is 5.79. The van der Waals surface area contributed by atoms with Gasteiger partial charge in [-0.3, -0.25) is 9.59 Å². The number of hydrogen-bond acceptors (Lipinski definition) is 6. The standard InChI is InChI=1S/C25H34N2O5/c1-6-7-8-9-10-11-14-27-15(2)19(26)18-17(27)13-12-16-20(28)21(29)23(31-22(16)18)24(30)32-25(3,4)5/h12-13,23H,6-11,14,26H2,1-5H3. The second-order valence-corrected chi connectivity index (χ2v) is 9.48. The van der Waals surface area contributed by atoms with E-state index in [0.29, 0.717) is 11.1 Å². The lowest BCUT2D eigenvalue weighted by atomic mass is 9.97. The van der Waals surface area contributed by atoms with E-state index in [9.17, 15) is 14.4 Å². The molecule has 7 nitrogen and oxygen atoms in total. The number of aryl methyl sites for hydroxylation is 1. The molecule has 0 radical (unpaired) electrons. The van der Waals surface area contributed by atoms with Crippen molar-refractivity contribution in [3.63, 3.8) is 0 Å². The first-order valence-electron chi connectivity index (χ1n) is 11.5. The maximum atomic E-state index is 12.8. The van der Waals surface area contributed by atoms with Gasteiger partial charge in [0.1, 0.15) is 11.4 Å². The second-order valence-electron chi connectivity index (χ2n) is 9.48. The molecule has 1 aliphatic heterocycles. The number of aromatic nitrogens is 1. The van der Waals surface area contributed by atoms with Crippen molar-refractivity contribution >= 4 is 34.1 Å². The molecule has 0 saturated carbocycles. The number of benzene rings is 1. The maximum absolute atomic E-state index is 12.8. The topological polar surface area (TPSA) is 101 Å². The molecule has 0 aliphatic carbocycles. The van der Waals surface area contributed by atoms with Gasteiger partial charge >= 0.3 is 5.97 Å². The molecule has 1 unspecified atom stereocenters. The number of carbonyl (C=O) groups excluding carboxylic acids is 3. The summed E-state index contributed by atoms with van der Waals surface area (Å²) in [7, 11) is 0. The third kappa shape index (κ3) is 4.66. The number of hydrogen-bond donors (Lipinski definition) is 1. The van der Waals surface area contributed by atoms with Crippen LogP contribution in [0.3, 0.4) is 0 Å². The van der Waals surface area contributed by atoms with Gasteiger partial charge in [-0.2, -0.15) is 0 Å². The molecule has 0 amide bonds. The normalized spacial score (nSPS) is 16.2. The first-order chi connectivity index (χ1) is 15.1. The number of unbranched alkanes of at least 4 members (excludes halogenated alkanes) is 5. The van der Waals surface area contributed by atoms with Crippen molar-refractivity contribution in [1.29, 1.82) is 0 Å². The van der Waals surface area contributed by atoms with Crippen LogP contribution in [0, 0.1) is 6.92 Å². The molecule has 2 heterocycles. The van der Waals surface area contributed by atoms with E-state index in [1.54, 1.807) is 32.9 Å². The average Bonchev–Trinajstić information content (AvgIpc) is 2.96. The Bertz CT molecular complexity index is 1050. The first-order valence-corrected chi connectivity index (χ1v) is 11.5. The zero-order valence-electron chi connectivity index (χ0n) is 19.7. The number of Topliss-reactive ketones (excluding diaryl/α,β-unsaturated/α-hetero) is 2. The largest absolute Gasteiger partial charge is 0.469 e. The zero-order chi connectivity index (χ0) is 23.6. The Hall–Kier alpha value is -2.83. The van der Waals surface area contributed by atoms with Gasteiger partial charge in [0.25, 0.3) is 11.9 Å². The molecule has 0 spiro atoms. The number of anilines is 1. The number of nitrogens with two attached hydrogens (primary N) is 1. The minimum absolute atomic E-state index is 0.130. The smallest absolute Gasteiger partial charge is 0.356 e. The average molecular weight is 443 g/mol. The van der Waals surface area contributed by atoms with Crippen molar-refractivity contribution in [2.24, 2.45) is 0 Å². The fraction of sp³-hybridized carbons (Fsp3) is 0.560. The first kappa shape index (κ1) is 23.8. The van der Waals surface area contributed by atoms with Crippen LogP contribution in [0.25, 0.3) is 10.9 Å². The van der Waals surface area contributed by atoms with Crippen molar-refractivity contribution in [1.82, 2.24) is 4.57 Å². The summed E-state index contributed by atoms with van der Waals surface area (Å²) in [5.41, 5.74) is 7.94. The Kier molecular flexibility index (Phi) is 6.96. The number of carbonyl (C=O) groups is 3. The fourth-order valence-electron chi connectivity index (χ4n) is 4.14. The molecule has 32 heavy (non-hydrogen) atoms. The van der Waals surface area contributed by atoms with Crippen LogP contribution in [0.15, 0.2) is 12.1 Å².